The highest BCUT2D eigenvalue weighted by atomic mass is 16.5. The Labute approximate surface area is 75.9 Å². The van der Waals surface area contributed by atoms with Crippen molar-refractivity contribution in [2.45, 2.75) is 24.9 Å². The zero-order valence-corrected chi connectivity index (χ0v) is 7.27. The van der Waals surface area contributed by atoms with Gasteiger partial charge in [-0.3, -0.25) is 4.90 Å². The van der Waals surface area contributed by atoms with Crippen molar-refractivity contribution in [3.05, 3.63) is 0 Å². The quantitative estimate of drug-likeness (QED) is 0.547. The van der Waals surface area contributed by atoms with E-state index in [1.54, 1.807) is 0 Å². The fraction of sp³-hybridized carbons (Fsp3) is 0.625. The van der Waals surface area contributed by atoms with Gasteiger partial charge in [0.2, 0.25) is 0 Å². The number of methoxy groups -OCH3 is 1. The SMILES string of the molecule is COC(=O)N1[C@H](C#N)CC[C@H]1C=O. The number of aldehydes is 1. The Balaban J connectivity index is 2.80. The molecule has 0 bridgehead atoms. The average Bonchev–Trinajstić information content (AvgIpc) is 2.59. The molecule has 2 atom stereocenters. The molecule has 0 aromatic rings. The van der Waals surface area contributed by atoms with Crippen LogP contribution in [0.3, 0.4) is 0 Å². The molecule has 0 saturated carbocycles. The lowest BCUT2D eigenvalue weighted by molar-refractivity contribution is -0.111. The maximum Gasteiger partial charge on any atom is 0.411 e. The van der Waals surface area contributed by atoms with Gasteiger partial charge in [0.05, 0.1) is 19.2 Å². The number of likely N-dealkylation sites (tertiary alicyclic amines) is 1. The van der Waals surface area contributed by atoms with Crippen molar-refractivity contribution < 1.29 is 14.3 Å². The van der Waals surface area contributed by atoms with Crippen LogP contribution in [0.1, 0.15) is 12.8 Å². The number of nitriles is 1. The number of carbonyl (C=O) groups excluding carboxylic acids is 2. The first kappa shape index (κ1) is 9.52. The summed E-state index contributed by atoms with van der Waals surface area (Å²) < 4.78 is 4.48. The van der Waals surface area contributed by atoms with Crippen LogP contribution in [0.15, 0.2) is 0 Å². The third-order valence-electron chi connectivity index (χ3n) is 2.12. The van der Waals surface area contributed by atoms with Crippen molar-refractivity contribution in [2.24, 2.45) is 0 Å². The molecule has 13 heavy (non-hydrogen) atoms. The van der Waals surface area contributed by atoms with Gasteiger partial charge in [-0.05, 0) is 12.8 Å². The van der Waals surface area contributed by atoms with E-state index in [2.05, 4.69) is 4.74 Å². The summed E-state index contributed by atoms with van der Waals surface area (Å²) >= 11 is 0. The second-order valence-corrected chi connectivity index (χ2v) is 2.80. The molecule has 5 nitrogen and oxygen atoms in total. The van der Waals surface area contributed by atoms with Gasteiger partial charge in [0.1, 0.15) is 12.3 Å². The molecule has 0 aromatic carbocycles. The molecular weight excluding hydrogens is 172 g/mol. The number of hydrogen-bond donors (Lipinski definition) is 0. The molecule has 70 valence electrons. The summed E-state index contributed by atoms with van der Waals surface area (Å²) in [6.07, 6.45) is 1.14. The molecule has 0 spiro atoms. The van der Waals surface area contributed by atoms with E-state index in [-0.39, 0.29) is 0 Å². The predicted molar refractivity (Wildman–Crippen MR) is 42.7 cm³/mol. The van der Waals surface area contributed by atoms with Crippen molar-refractivity contribution >= 4 is 12.4 Å². The van der Waals surface area contributed by atoms with E-state index in [0.29, 0.717) is 19.1 Å². The molecule has 0 radical (unpaired) electrons. The highest BCUT2D eigenvalue weighted by molar-refractivity contribution is 5.75. The van der Waals surface area contributed by atoms with Crippen LogP contribution < -0.4 is 0 Å². The Morgan fingerprint density at radius 1 is 1.69 bits per heavy atom. The molecule has 0 N–H and O–H groups in total. The van der Waals surface area contributed by atoms with E-state index in [0.717, 1.165) is 0 Å². The first-order valence-electron chi connectivity index (χ1n) is 3.95. The number of nitrogens with zero attached hydrogens (tertiary/aromatic N) is 2. The molecule has 5 heteroatoms. The zero-order valence-electron chi connectivity index (χ0n) is 7.27. The Morgan fingerprint density at radius 3 is 2.85 bits per heavy atom. The van der Waals surface area contributed by atoms with E-state index >= 15 is 0 Å². The van der Waals surface area contributed by atoms with Crippen molar-refractivity contribution in [2.75, 3.05) is 7.11 Å². The van der Waals surface area contributed by atoms with Gasteiger partial charge in [0, 0.05) is 0 Å². The van der Waals surface area contributed by atoms with Crippen molar-refractivity contribution in [1.82, 2.24) is 4.90 Å². The lowest BCUT2D eigenvalue weighted by Crippen LogP contribution is -2.41. The number of carbonyl (C=O) groups is 2. The largest absolute Gasteiger partial charge is 0.453 e. The van der Waals surface area contributed by atoms with Crippen molar-refractivity contribution in [3.8, 4) is 6.07 Å². The smallest absolute Gasteiger partial charge is 0.411 e. The third kappa shape index (κ3) is 1.61. The minimum absolute atomic E-state index is 0.503. The summed E-state index contributed by atoms with van der Waals surface area (Å²) in [6.45, 7) is 0. The van der Waals surface area contributed by atoms with Gasteiger partial charge in [0.25, 0.3) is 0 Å². The fourth-order valence-electron chi connectivity index (χ4n) is 1.47. The number of ether oxygens (including phenoxy) is 1. The molecule has 1 saturated heterocycles. The number of hydrogen-bond acceptors (Lipinski definition) is 4. The Morgan fingerprint density at radius 2 is 2.38 bits per heavy atom. The summed E-state index contributed by atoms with van der Waals surface area (Å²) in [7, 11) is 1.23. The Hall–Kier alpha value is -1.57. The maximum atomic E-state index is 11.1. The molecule has 1 heterocycles. The first-order valence-corrected chi connectivity index (χ1v) is 3.95. The zero-order chi connectivity index (χ0) is 9.84. The summed E-state index contributed by atoms with van der Waals surface area (Å²) in [6, 6.07) is 0.932. The fourth-order valence-corrected chi connectivity index (χ4v) is 1.47. The van der Waals surface area contributed by atoms with Crippen LogP contribution in [0.2, 0.25) is 0 Å². The average molecular weight is 182 g/mol. The van der Waals surface area contributed by atoms with Crippen LogP contribution in [-0.4, -0.2) is 36.5 Å². The Kier molecular flexibility index (Phi) is 2.85. The Bertz CT molecular complexity index is 259. The van der Waals surface area contributed by atoms with E-state index in [1.165, 1.54) is 12.0 Å². The highest BCUT2D eigenvalue weighted by Gasteiger charge is 2.37. The van der Waals surface area contributed by atoms with Crippen LogP contribution >= 0.6 is 0 Å². The topological polar surface area (TPSA) is 70.4 Å². The maximum absolute atomic E-state index is 11.1. The normalized spacial score (nSPS) is 26.6. The van der Waals surface area contributed by atoms with Crippen molar-refractivity contribution in [1.29, 1.82) is 5.26 Å². The molecule has 0 unspecified atom stereocenters. The van der Waals surface area contributed by atoms with Crippen LogP contribution in [0.5, 0.6) is 0 Å². The lowest BCUT2D eigenvalue weighted by atomic mass is 10.2. The van der Waals surface area contributed by atoms with Gasteiger partial charge in [-0.15, -0.1) is 0 Å². The first-order chi connectivity index (χ1) is 6.24. The molecule has 1 aliphatic rings. The van der Waals surface area contributed by atoms with Crippen LogP contribution in [-0.2, 0) is 9.53 Å². The molecule has 1 aliphatic heterocycles. The minimum Gasteiger partial charge on any atom is -0.453 e. The number of rotatable bonds is 1. The second-order valence-electron chi connectivity index (χ2n) is 2.80. The summed E-state index contributed by atoms with van der Waals surface area (Å²) in [5, 5.41) is 8.68. The van der Waals surface area contributed by atoms with E-state index < -0.39 is 18.2 Å². The lowest BCUT2D eigenvalue weighted by Gasteiger charge is -2.21. The van der Waals surface area contributed by atoms with Crippen LogP contribution in [0, 0.1) is 11.3 Å². The standard InChI is InChI=1S/C8H10N2O3/c1-13-8(12)10-6(4-9)2-3-7(10)5-11/h5-7H,2-3H2,1H3/t6-,7-/m0/s1. The molecule has 1 amide bonds. The number of amides is 1. The monoisotopic (exact) mass is 182 g/mol. The second kappa shape index (κ2) is 3.90. The summed E-state index contributed by atoms with van der Waals surface area (Å²) in [5.74, 6) is 0. The molecule has 0 aromatic heterocycles. The van der Waals surface area contributed by atoms with E-state index in [9.17, 15) is 9.59 Å². The summed E-state index contributed by atoms with van der Waals surface area (Å²) in [5.41, 5.74) is 0. The van der Waals surface area contributed by atoms with Crippen LogP contribution in [0.25, 0.3) is 0 Å². The van der Waals surface area contributed by atoms with Crippen molar-refractivity contribution in [3.63, 3.8) is 0 Å². The van der Waals surface area contributed by atoms with Gasteiger partial charge >= 0.3 is 6.09 Å². The molecule has 0 aliphatic carbocycles. The van der Waals surface area contributed by atoms with Gasteiger partial charge in [-0.1, -0.05) is 0 Å². The van der Waals surface area contributed by atoms with Gasteiger partial charge < -0.3 is 9.53 Å². The molecule has 1 fully saturated rings. The third-order valence-corrected chi connectivity index (χ3v) is 2.12. The molecule has 1 rings (SSSR count). The van der Waals surface area contributed by atoms with Crippen LogP contribution in [0.4, 0.5) is 4.79 Å². The van der Waals surface area contributed by atoms with Gasteiger partial charge in [-0.2, -0.15) is 5.26 Å². The van der Waals surface area contributed by atoms with Gasteiger partial charge in [0.15, 0.2) is 0 Å². The predicted octanol–water partition coefficient (Wildman–Crippen LogP) is 0.308. The van der Waals surface area contributed by atoms with Gasteiger partial charge in [-0.25, -0.2) is 4.79 Å². The van der Waals surface area contributed by atoms with E-state index in [4.69, 9.17) is 5.26 Å². The molecular formula is C8H10N2O3. The van der Waals surface area contributed by atoms with E-state index in [1.807, 2.05) is 6.07 Å². The summed E-state index contributed by atoms with van der Waals surface area (Å²) in [4.78, 5) is 22.9. The minimum atomic E-state index is -0.610. The highest BCUT2D eigenvalue weighted by Crippen LogP contribution is 2.22.